The Morgan fingerprint density at radius 2 is 1.89 bits per heavy atom. The highest BCUT2D eigenvalue weighted by atomic mass is 35.5. The Morgan fingerprint density at radius 3 is 2.56 bits per heavy atom. The van der Waals surface area contributed by atoms with Crippen LogP contribution in [0.3, 0.4) is 0 Å². The molecular formula is C19H19ClN6O. The summed E-state index contributed by atoms with van der Waals surface area (Å²) in [5.74, 6) is 1.37. The summed E-state index contributed by atoms with van der Waals surface area (Å²) in [4.78, 5) is 9.01. The zero-order valence-electron chi connectivity index (χ0n) is 15.3. The molecule has 0 spiro atoms. The highest BCUT2D eigenvalue weighted by molar-refractivity contribution is 6.33. The quantitative estimate of drug-likeness (QED) is 0.488. The van der Waals surface area contributed by atoms with Gasteiger partial charge in [-0.25, -0.2) is 9.97 Å². The second-order valence-corrected chi connectivity index (χ2v) is 6.91. The minimum Gasteiger partial charge on any atom is -0.497 e. The molecule has 138 valence electrons. The first kappa shape index (κ1) is 17.5. The van der Waals surface area contributed by atoms with E-state index in [1.807, 2.05) is 46.0 Å². The maximum atomic E-state index is 6.37. The lowest BCUT2D eigenvalue weighted by Crippen LogP contribution is -2.00. The van der Waals surface area contributed by atoms with Crippen molar-refractivity contribution in [2.45, 2.75) is 26.4 Å². The van der Waals surface area contributed by atoms with Gasteiger partial charge in [-0.05, 0) is 31.5 Å². The molecule has 0 N–H and O–H groups in total. The predicted octanol–water partition coefficient (Wildman–Crippen LogP) is 3.98. The molecule has 0 bridgehead atoms. The number of hydrogen-bond donors (Lipinski definition) is 0. The Morgan fingerprint density at radius 1 is 1.11 bits per heavy atom. The van der Waals surface area contributed by atoms with Crippen LogP contribution in [0.5, 0.6) is 5.75 Å². The molecule has 1 aromatic carbocycles. The number of benzene rings is 1. The maximum absolute atomic E-state index is 6.37. The second kappa shape index (κ2) is 7.00. The van der Waals surface area contributed by atoms with Gasteiger partial charge in [0, 0.05) is 12.2 Å². The summed E-state index contributed by atoms with van der Waals surface area (Å²) in [6, 6.07) is 8.13. The van der Waals surface area contributed by atoms with E-state index < -0.39 is 0 Å². The summed E-state index contributed by atoms with van der Waals surface area (Å²) in [6.45, 7) is 4.74. The van der Waals surface area contributed by atoms with Gasteiger partial charge in [-0.15, -0.1) is 0 Å². The average molecular weight is 383 g/mol. The van der Waals surface area contributed by atoms with Gasteiger partial charge in [0.05, 0.1) is 31.6 Å². The number of aromatic nitrogens is 6. The first-order valence-corrected chi connectivity index (χ1v) is 8.99. The number of ether oxygens (including phenoxy) is 1. The molecule has 0 fully saturated rings. The minimum absolute atomic E-state index is 0.269. The molecule has 0 amide bonds. The van der Waals surface area contributed by atoms with E-state index in [-0.39, 0.29) is 6.04 Å². The zero-order chi connectivity index (χ0) is 19.0. The van der Waals surface area contributed by atoms with E-state index in [9.17, 15) is 0 Å². The molecule has 4 rings (SSSR count). The second-order valence-electron chi connectivity index (χ2n) is 6.55. The van der Waals surface area contributed by atoms with E-state index in [4.69, 9.17) is 16.3 Å². The smallest absolute Gasteiger partial charge is 0.164 e. The van der Waals surface area contributed by atoms with Crippen molar-refractivity contribution in [1.29, 1.82) is 0 Å². The fourth-order valence-corrected chi connectivity index (χ4v) is 3.00. The first-order valence-electron chi connectivity index (χ1n) is 8.61. The van der Waals surface area contributed by atoms with Gasteiger partial charge < -0.3 is 4.74 Å². The summed E-state index contributed by atoms with van der Waals surface area (Å²) in [6.07, 6.45) is 5.55. The van der Waals surface area contributed by atoms with Gasteiger partial charge in [0.2, 0.25) is 0 Å². The van der Waals surface area contributed by atoms with E-state index >= 15 is 0 Å². The zero-order valence-corrected chi connectivity index (χ0v) is 16.1. The van der Waals surface area contributed by atoms with Crippen LogP contribution in [0.15, 0.2) is 42.9 Å². The molecule has 0 saturated carbocycles. The third-order valence-electron chi connectivity index (χ3n) is 4.26. The summed E-state index contributed by atoms with van der Waals surface area (Å²) >= 11 is 6.37. The monoisotopic (exact) mass is 382 g/mol. The Labute approximate surface area is 161 Å². The van der Waals surface area contributed by atoms with Crippen LogP contribution in [0.1, 0.15) is 25.5 Å². The van der Waals surface area contributed by atoms with Crippen LogP contribution >= 0.6 is 11.6 Å². The summed E-state index contributed by atoms with van der Waals surface area (Å²) in [5, 5.41) is 9.20. The van der Waals surface area contributed by atoms with Crippen LogP contribution in [0.2, 0.25) is 5.15 Å². The third-order valence-corrected chi connectivity index (χ3v) is 4.52. The van der Waals surface area contributed by atoms with Gasteiger partial charge in [0.15, 0.2) is 11.0 Å². The van der Waals surface area contributed by atoms with E-state index in [0.29, 0.717) is 28.6 Å². The molecule has 8 heteroatoms. The lowest BCUT2D eigenvalue weighted by Gasteiger charge is -2.03. The van der Waals surface area contributed by atoms with Gasteiger partial charge in [0.25, 0.3) is 0 Å². The topological polar surface area (TPSA) is 70.7 Å². The Balaban J connectivity index is 1.66. The largest absolute Gasteiger partial charge is 0.497 e. The fraction of sp³-hybridized carbons (Fsp3) is 0.263. The molecule has 0 atom stereocenters. The maximum Gasteiger partial charge on any atom is 0.164 e. The van der Waals surface area contributed by atoms with Gasteiger partial charge >= 0.3 is 0 Å². The third kappa shape index (κ3) is 3.50. The summed E-state index contributed by atoms with van der Waals surface area (Å²) < 4.78 is 8.87. The summed E-state index contributed by atoms with van der Waals surface area (Å²) in [5.41, 5.74) is 3.22. The lowest BCUT2D eigenvalue weighted by molar-refractivity contribution is 0.414. The SMILES string of the molecule is COc1ccc(Cn2cc3nc(-c4cnn(C(C)C)c4)nc(Cl)c3n2)cc1. The lowest BCUT2D eigenvalue weighted by atomic mass is 10.2. The fourth-order valence-electron chi connectivity index (χ4n) is 2.79. The first-order chi connectivity index (χ1) is 13.0. The minimum atomic E-state index is 0.269. The van der Waals surface area contributed by atoms with Gasteiger partial charge in [0.1, 0.15) is 16.8 Å². The molecule has 7 nitrogen and oxygen atoms in total. The molecule has 27 heavy (non-hydrogen) atoms. The Hall–Kier alpha value is -2.93. The number of halogens is 1. The van der Waals surface area contributed by atoms with Crippen LogP contribution in [-0.2, 0) is 6.54 Å². The van der Waals surface area contributed by atoms with Crippen molar-refractivity contribution in [3.05, 3.63) is 53.6 Å². The molecule has 0 unspecified atom stereocenters. The molecule has 0 aliphatic rings. The van der Waals surface area contributed by atoms with Crippen molar-refractivity contribution in [1.82, 2.24) is 29.5 Å². The predicted molar refractivity (Wildman–Crippen MR) is 104 cm³/mol. The number of hydrogen-bond acceptors (Lipinski definition) is 5. The van der Waals surface area contributed by atoms with Crippen LogP contribution in [0, 0.1) is 0 Å². The normalized spacial score (nSPS) is 11.4. The Bertz CT molecular complexity index is 1080. The highest BCUT2D eigenvalue weighted by Gasteiger charge is 2.14. The van der Waals surface area contributed by atoms with E-state index in [2.05, 4.69) is 34.0 Å². The number of methoxy groups -OCH3 is 1. The van der Waals surface area contributed by atoms with Crippen molar-refractivity contribution >= 4 is 22.6 Å². The van der Waals surface area contributed by atoms with Crippen molar-refractivity contribution in [2.24, 2.45) is 0 Å². The molecule has 3 aromatic heterocycles. The molecule has 0 radical (unpaired) electrons. The van der Waals surface area contributed by atoms with E-state index in [0.717, 1.165) is 16.9 Å². The van der Waals surface area contributed by atoms with Gasteiger partial charge in [-0.3, -0.25) is 9.36 Å². The molecular weight excluding hydrogens is 364 g/mol. The van der Waals surface area contributed by atoms with Crippen LogP contribution in [-0.4, -0.2) is 36.6 Å². The van der Waals surface area contributed by atoms with Crippen LogP contribution in [0.4, 0.5) is 0 Å². The number of nitrogens with zero attached hydrogens (tertiary/aromatic N) is 6. The van der Waals surface area contributed by atoms with Crippen molar-refractivity contribution in [3.63, 3.8) is 0 Å². The van der Waals surface area contributed by atoms with E-state index in [1.165, 1.54) is 0 Å². The molecule has 0 aliphatic heterocycles. The summed E-state index contributed by atoms with van der Waals surface area (Å²) in [7, 11) is 1.65. The van der Waals surface area contributed by atoms with Gasteiger partial charge in [-0.1, -0.05) is 23.7 Å². The highest BCUT2D eigenvalue weighted by Crippen LogP contribution is 2.24. The van der Waals surface area contributed by atoms with Crippen LogP contribution < -0.4 is 4.74 Å². The average Bonchev–Trinajstić information content (AvgIpc) is 3.29. The van der Waals surface area contributed by atoms with Crippen molar-refractivity contribution in [3.8, 4) is 17.1 Å². The van der Waals surface area contributed by atoms with E-state index in [1.54, 1.807) is 13.3 Å². The Kier molecular flexibility index (Phi) is 4.53. The number of fused-ring (bicyclic) bond motifs is 1. The van der Waals surface area contributed by atoms with Gasteiger partial charge in [-0.2, -0.15) is 10.2 Å². The van der Waals surface area contributed by atoms with Crippen molar-refractivity contribution in [2.75, 3.05) is 7.11 Å². The van der Waals surface area contributed by atoms with Crippen molar-refractivity contribution < 1.29 is 4.74 Å². The van der Waals surface area contributed by atoms with Crippen LogP contribution in [0.25, 0.3) is 22.4 Å². The standard InChI is InChI=1S/C19H19ClN6O/c1-12(2)26-10-14(8-21-26)19-22-16-11-25(24-17(16)18(20)23-19)9-13-4-6-15(27-3)7-5-13/h4-8,10-12H,9H2,1-3H3. The molecule has 0 saturated heterocycles. The molecule has 4 aromatic rings. The molecule has 3 heterocycles. The number of rotatable bonds is 5. The molecule has 0 aliphatic carbocycles.